The molecule has 0 spiro atoms. The number of benzene rings is 5. The molecule has 0 fully saturated rings. The van der Waals surface area contributed by atoms with Crippen molar-refractivity contribution in [2.24, 2.45) is 0 Å². The van der Waals surface area contributed by atoms with Gasteiger partial charge in [-0.05, 0) is 53.6 Å². The summed E-state index contributed by atoms with van der Waals surface area (Å²) >= 11 is 1.86. The summed E-state index contributed by atoms with van der Waals surface area (Å²) in [6.07, 6.45) is 0. The highest BCUT2D eigenvalue weighted by Gasteiger charge is 2.21. The van der Waals surface area contributed by atoms with E-state index in [2.05, 4.69) is 120 Å². The Balaban J connectivity index is 1.50. The molecule has 3 heteroatoms. The van der Waals surface area contributed by atoms with Gasteiger partial charge in [0.2, 0.25) is 0 Å². The van der Waals surface area contributed by atoms with Crippen molar-refractivity contribution in [1.29, 1.82) is 0 Å². The van der Waals surface area contributed by atoms with Crippen LogP contribution in [0.25, 0.3) is 70.0 Å². The highest BCUT2D eigenvalue weighted by atomic mass is 32.1. The lowest BCUT2D eigenvalue weighted by Gasteiger charge is -2.09. The molecule has 0 amide bonds. The summed E-state index contributed by atoms with van der Waals surface area (Å²) in [5.41, 5.74) is 7.68. The van der Waals surface area contributed by atoms with Gasteiger partial charge in [0.15, 0.2) is 5.58 Å². The van der Waals surface area contributed by atoms with Crippen molar-refractivity contribution in [2.45, 2.75) is 0 Å². The minimum atomic E-state index is 0.916. The fraction of sp³-hybridized carbons (Fsp3) is 0. The molecule has 3 heterocycles. The number of hydrogen-bond acceptors (Lipinski definition) is 2. The van der Waals surface area contributed by atoms with Crippen LogP contribution in [0.3, 0.4) is 0 Å². The lowest BCUT2D eigenvalue weighted by atomic mass is 10.00. The van der Waals surface area contributed by atoms with Crippen LogP contribution in [0.4, 0.5) is 0 Å². The third-order valence-electron chi connectivity index (χ3n) is 7.01. The molecule has 0 aliphatic rings. The highest BCUT2D eigenvalue weighted by molar-refractivity contribution is 7.25. The van der Waals surface area contributed by atoms with Crippen molar-refractivity contribution in [3.05, 3.63) is 115 Å². The Morgan fingerprint density at radius 3 is 2.29 bits per heavy atom. The van der Waals surface area contributed by atoms with Gasteiger partial charge >= 0.3 is 0 Å². The summed E-state index contributed by atoms with van der Waals surface area (Å²) in [6.45, 7) is 0. The highest BCUT2D eigenvalue weighted by Crippen LogP contribution is 2.44. The van der Waals surface area contributed by atoms with E-state index in [4.69, 9.17) is 4.42 Å². The lowest BCUT2D eigenvalue weighted by Crippen LogP contribution is -1.93. The van der Waals surface area contributed by atoms with Crippen molar-refractivity contribution in [1.82, 2.24) is 4.57 Å². The van der Waals surface area contributed by atoms with Gasteiger partial charge in [-0.1, -0.05) is 72.8 Å². The Bertz CT molecular complexity index is 2060. The molecule has 8 rings (SSSR count). The van der Waals surface area contributed by atoms with Gasteiger partial charge in [-0.15, -0.1) is 11.3 Å². The van der Waals surface area contributed by atoms with E-state index in [1.54, 1.807) is 0 Å². The van der Waals surface area contributed by atoms with Gasteiger partial charge in [0.25, 0.3) is 0 Å². The molecule has 2 nitrogen and oxygen atoms in total. The third-order valence-corrected chi connectivity index (χ3v) is 8.14. The molecule has 0 atom stereocenters. The minimum absolute atomic E-state index is 0.916. The van der Waals surface area contributed by atoms with E-state index in [1.807, 2.05) is 11.3 Å². The van der Waals surface area contributed by atoms with Gasteiger partial charge in [0.1, 0.15) is 11.1 Å². The zero-order valence-electron chi connectivity index (χ0n) is 18.7. The fourth-order valence-corrected chi connectivity index (χ4v) is 6.63. The van der Waals surface area contributed by atoms with Crippen molar-refractivity contribution in [3.8, 4) is 16.8 Å². The van der Waals surface area contributed by atoms with Gasteiger partial charge in [-0.25, -0.2) is 0 Å². The van der Waals surface area contributed by atoms with Crippen LogP contribution < -0.4 is 0 Å². The average Bonchev–Trinajstić information content (AvgIpc) is 3.57. The van der Waals surface area contributed by atoms with Gasteiger partial charge < -0.3 is 8.98 Å². The van der Waals surface area contributed by atoms with Gasteiger partial charge in [0.05, 0.1) is 10.9 Å². The molecule has 8 aromatic rings. The van der Waals surface area contributed by atoms with E-state index in [0.717, 1.165) is 38.7 Å². The Morgan fingerprint density at radius 1 is 0.600 bits per heavy atom. The van der Waals surface area contributed by atoms with E-state index in [9.17, 15) is 0 Å². The van der Waals surface area contributed by atoms with Gasteiger partial charge in [-0.3, -0.25) is 0 Å². The molecule has 0 bridgehead atoms. The number of aromatic nitrogens is 1. The number of para-hydroxylation sites is 2. The second kappa shape index (κ2) is 7.08. The maximum atomic E-state index is 6.55. The van der Waals surface area contributed by atoms with Crippen LogP contribution in [0.2, 0.25) is 0 Å². The lowest BCUT2D eigenvalue weighted by molar-refractivity contribution is 0.673. The smallest absolute Gasteiger partial charge is 0.161 e. The van der Waals surface area contributed by atoms with Crippen LogP contribution in [0.5, 0.6) is 0 Å². The Hall–Kier alpha value is -4.34. The first-order valence-corrected chi connectivity index (χ1v) is 12.6. The molecule has 164 valence electrons. The second-order valence-corrected chi connectivity index (χ2v) is 10.0. The number of furan rings is 1. The Morgan fingerprint density at radius 2 is 1.37 bits per heavy atom. The Labute approximate surface area is 205 Å². The molecule has 5 aromatic carbocycles. The molecule has 0 N–H and O–H groups in total. The summed E-state index contributed by atoms with van der Waals surface area (Å²) in [6, 6.07) is 41.0. The normalized spacial score (nSPS) is 12.0. The number of fused-ring (bicyclic) bond motifs is 8. The quantitative estimate of drug-likeness (QED) is 0.248. The van der Waals surface area contributed by atoms with Gasteiger partial charge in [0, 0.05) is 31.2 Å². The molecular weight excluding hydrogens is 446 g/mol. The Kier molecular flexibility index (Phi) is 3.85. The zero-order chi connectivity index (χ0) is 22.9. The number of rotatable bonds is 2. The molecule has 0 radical (unpaired) electrons. The predicted molar refractivity (Wildman–Crippen MR) is 149 cm³/mol. The number of thiophene rings is 1. The molecule has 3 aromatic heterocycles. The average molecular weight is 466 g/mol. The van der Waals surface area contributed by atoms with Gasteiger partial charge in [-0.2, -0.15) is 0 Å². The second-order valence-electron chi connectivity index (χ2n) is 8.96. The number of nitrogens with zero attached hydrogens (tertiary/aromatic N) is 1. The maximum absolute atomic E-state index is 6.55. The summed E-state index contributed by atoms with van der Waals surface area (Å²) in [5, 5.41) is 4.93. The summed E-state index contributed by atoms with van der Waals surface area (Å²) in [4.78, 5) is 0. The summed E-state index contributed by atoms with van der Waals surface area (Å²) in [7, 11) is 0. The molecule has 0 unspecified atom stereocenters. The molecule has 0 aliphatic heterocycles. The van der Waals surface area contributed by atoms with Crippen molar-refractivity contribution in [3.63, 3.8) is 0 Å². The predicted octanol–water partition coefficient (Wildman–Crippen LogP) is 9.56. The largest absolute Gasteiger partial charge is 0.454 e. The minimum Gasteiger partial charge on any atom is -0.454 e. The topological polar surface area (TPSA) is 18.1 Å². The third kappa shape index (κ3) is 2.64. The van der Waals surface area contributed by atoms with Crippen LogP contribution in [0.1, 0.15) is 0 Å². The first-order chi connectivity index (χ1) is 17.4. The zero-order valence-corrected chi connectivity index (χ0v) is 19.5. The first kappa shape index (κ1) is 19.0. The summed E-state index contributed by atoms with van der Waals surface area (Å²) in [5.74, 6) is 0. The molecule has 0 saturated heterocycles. The van der Waals surface area contributed by atoms with Crippen LogP contribution >= 0.6 is 11.3 Å². The number of hydrogen-bond donors (Lipinski definition) is 0. The maximum Gasteiger partial charge on any atom is 0.161 e. The molecule has 0 saturated carbocycles. The van der Waals surface area contributed by atoms with Crippen LogP contribution in [0.15, 0.2) is 120 Å². The van der Waals surface area contributed by atoms with Crippen molar-refractivity contribution in [2.75, 3.05) is 0 Å². The van der Waals surface area contributed by atoms with E-state index >= 15 is 0 Å². The molecular formula is C32H19NOS. The van der Waals surface area contributed by atoms with E-state index in [1.165, 1.54) is 31.3 Å². The van der Waals surface area contributed by atoms with E-state index in [-0.39, 0.29) is 0 Å². The fourth-order valence-electron chi connectivity index (χ4n) is 5.49. The monoisotopic (exact) mass is 465 g/mol. The van der Waals surface area contributed by atoms with Crippen LogP contribution in [-0.2, 0) is 0 Å². The molecule has 0 aliphatic carbocycles. The van der Waals surface area contributed by atoms with E-state index in [0.29, 0.717) is 0 Å². The first-order valence-electron chi connectivity index (χ1n) is 11.8. The van der Waals surface area contributed by atoms with Crippen LogP contribution in [-0.4, -0.2) is 4.57 Å². The SMILES string of the molecule is c1ccc(-n2c3ccccc3c3oc4cccc(-c5ccc6c(c5)sc5ccccc56)c4c32)cc1. The van der Waals surface area contributed by atoms with E-state index < -0.39 is 0 Å². The summed E-state index contributed by atoms with van der Waals surface area (Å²) < 4.78 is 11.5. The standard InChI is InChI=1S/C32H19NOS/c1-2-9-21(10-3-1)33-26-14-6-4-12-25(26)32-31(33)30-22(13-8-15-27(30)34-32)20-17-18-24-23-11-5-7-16-28(23)35-29(24)19-20/h1-19H. The van der Waals surface area contributed by atoms with Crippen molar-refractivity contribution >= 4 is 64.5 Å². The molecule has 35 heavy (non-hydrogen) atoms. The van der Waals surface area contributed by atoms with Crippen molar-refractivity contribution < 1.29 is 4.42 Å². The van der Waals surface area contributed by atoms with Crippen LogP contribution in [0, 0.1) is 0 Å².